The van der Waals surface area contributed by atoms with E-state index in [1.807, 2.05) is 165 Å². The molecule has 1 heterocycles. The van der Waals surface area contributed by atoms with E-state index in [1.54, 1.807) is 86.6 Å². The van der Waals surface area contributed by atoms with Crippen molar-refractivity contribution in [3.63, 3.8) is 0 Å². The maximum atomic E-state index is 12.7. The molecule has 0 aliphatic carbocycles. The molecular weight excluding hydrogens is 1910 g/mol. The number of aromatic nitrogens is 1. The molecule has 22 nitrogen and oxygen atoms in total. The molecule has 0 radical (unpaired) electrons. The highest BCUT2D eigenvalue weighted by Gasteiger charge is 2.20. The third-order valence-electron chi connectivity index (χ3n) is 13.5. The zero-order valence-electron chi connectivity index (χ0n) is 57.8. The van der Waals surface area contributed by atoms with E-state index >= 15 is 0 Å². The SMILES string of the molecule is CCOC(=O)CI.CN(C)c1c(Cl)ccc2c(=O)c3ccc(Br)cc3[nH]c12.CN(C)c1c(Cl)cccc1I.CN(C)c1c(Cl)cccc1Nc1cc(Br)ccc1C(=O)O.CN(C)c1c(Cl)cccc1[N+](=O)[O-].CN(C)c1c(N)cccc1Cl.Nc1cc(Br)ccc1C(=O)O.O=[N+]([O-])c1cccc(Cl)c1F. The number of nitrogens with one attached hydrogen (secondary N) is 2. The van der Waals surface area contributed by atoms with Crippen molar-refractivity contribution in [3.05, 3.63) is 252 Å². The van der Waals surface area contributed by atoms with E-state index in [2.05, 4.69) is 85.4 Å². The number of carbonyl (C=O) groups excluding carboxylic acids is 1. The maximum absolute atomic E-state index is 12.7. The number of aromatic carboxylic acids is 2. The highest BCUT2D eigenvalue weighted by atomic mass is 127. The van der Waals surface area contributed by atoms with Crippen LogP contribution in [-0.4, -0.2) is 124 Å². The fourth-order valence-electron chi connectivity index (χ4n) is 9.01. The number of nitrogen functional groups attached to an aromatic ring is 2. The average Bonchev–Trinajstić information content (AvgIpc) is 0.756. The molecule has 9 aromatic carbocycles. The molecule has 34 heteroatoms. The molecule has 0 saturated heterocycles. The fourth-order valence-corrected chi connectivity index (χ4v) is 13.3. The van der Waals surface area contributed by atoms with Crippen LogP contribution in [0.25, 0.3) is 21.8 Å². The average molecular weight is 1980 g/mol. The molecule has 0 saturated carbocycles. The summed E-state index contributed by atoms with van der Waals surface area (Å²) in [4.78, 5) is 76.6. The van der Waals surface area contributed by atoms with E-state index in [1.165, 1.54) is 27.8 Å². The molecule has 1 aromatic heterocycles. The normalized spacial score (nSPS) is 10.0. The van der Waals surface area contributed by atoms with Crippen LogP contribution in [0.5, 0.6) is 0 Å². The number of nitrogens with zero attached hydrogens (tertiary/aromatic N) is 7. The van der Waals surface area contributed by atoms with Gasteiger partial charge in [0.1, 0.15) is 5.69 Å². The van der Waals surface area contributed by atoms with Gasteiger partial charge in [0, 0.05) is 116 Å². The number of ether oxygens (including phenoxy) is 1. The Labute approximate surface area is 688 Å². The third kappa shape index (κ3) is 28.1. The number of halogens is 12. The lowest BCUT2D eigenvalue weighted by Gasteiger charge is -2.20. The van der Waals surface area contributed by atoms with E-state index in [-0.39, 0.29) is 38.9 Å². The van der Waals surface area contributed by atoms with Crippen molar-refractivity contribution in [2.24, 2.45) is 0 Å². The number of pyridine rings is 1. The van der Waals surface area contributed by atoms with E-state index in [4.69, 9.17) is 86.2 Å². The molecule has 0 spiro atoms. The van der Waals surface area contributed by atoms with Crippen LogP contribution in [0.2, 0.25) is 30.1 Å². The molecule has 0 aliphatic rings. The largest absolute Gasteiger partial charge is 0.478 e. The van der Waals surface area contributed by atoms with Gasteiger partial charge in [0.2, 0.25) is 5.82 Å². The van der Waals surface area contributed by atoms with Crippen LogP contribution >= 0.6 is 163 Å². The van der Waals surface area contributed by atoms with Gasteiger partial charge in [0.25, 0.3) is 5.69 Å². The Kier molecular flexibility index (Phi) is 39.1. The molecule has 10 rings (SSSR count). The predicted molar refractivity (Wildman–Crippen MR) is 459 cm³/mol. The van der Waals surface area contributed by atoms with Crippen LogP contribution in [0.15, 0.2) is 176 Å². The molecule has 560 valence electrons. The molecule has 0 aliphatic heterocycles. The van der Waals surface area contributed by atoms with Gasteiger partial charge in [-0.05, 0) is 145 Å². The predicted octanol–water partition coefficient (Wildman–Crippen LogP) is 21.2. The number of carboxylic acid groups (broad SMARTS) is 2. The number of H-pyrrole nitrogens is 1. The first-order chi connectivity index (χ1) is 49.2. The number of hydrogen-bond donors (Lipinski definition) is 6. The summed E-state index contributed by atoms with van der Waals surface area (Å²) in [6, 6.07) is 43.9. The number of aromatic amines is 1. The van der Waals surface area contributed by atoms with E-state index in [0.29, 0.717) is 59.0 Å². The van der Waals surface area contributed by atoms with Gasteiger partial charge in [0.15, 0.2) is 5.43 Å². The Balaban J connectivity index is 0.000000319. The number of nitro groups is 2. The second-order valence-corrected chi connectivity index (χ2v) is 29.2. The van der Waals surface area contributed by atoms with Gasteiger partial charge in [-0.15, -0.1) is 0 Å². The lowest BCUT2D eigenvalue weighted by molar-refractivity contribution is -0.387. The molecule has 105 heavy (non-hydrogen) atoms. The maximum Gasteiger partial charge on any atom is 0.337 e. The molecule has 0 unspecified atom stereocenters. The zero-order valence-corrected chi connectivity index (χ0v) is 71.4. The molecule has 0 bridgehead atoms. The first kappa shape index (κ1) is 91.8. The van der Waals surface area contributed by atoms with Crippen molar-refractivity contribution >= 4 is 265 Å². The van der Waals surface area contributed by atoms with Crippen LogP contribution in [0.1, 0.15) is 27.6 Å². The fraction of sp³-hybridized carbons (Fsp3) is 0.183. The number of carbonyl (C=O) groups is 3. The van der Waals surface area contributed by atoms with Crippen LogP contribution in [0.3, 0.4) is 0 Å². The number of alkyl halides is 1. The highest BCUT2D eigenvalue weighted by molar-refractivity contribution is 14.1. The van der Waals surface area contributed by atoms with E-state index in [9.17, 15) is 48.9 Å². The molecule has 0 fully saturated rings. The summed E-state index contributed by atoms with van der Waals surface area (Å²) in [7, 11) is 18.8. The number of carboxylic acids is 2. The summed E-state index contributed by atoms with van der Waals surface area (Å²) in [6.07, 6.45) is 0. The van der Waals surface area contributed by atoms with Crippen LogP contribution in [-0.2, 0) is 9.53 Å². The molecule has 0 amide bonds. The second-order valence-electron chi connectivity index (χ2n) is 22.1. The van der Waals surface area contributed by atoms with Gasteiger partial charge >= 0.3 is 23.6 Å². The molecule has 10 aromatic rings. The first-order valence-corrected chi connectivity index (χ1v) is 37.4. The Morgan fingerprint density at radius 2 is 0.962 bits per heavy atom. The quantitative estimate of drug-likeness (QED) is 0.0119. The Hall–Kier alpha value is -7.37. The summed E-state index contributed by atoms with van der Waals surface area (Å²) in [5.41, 5.74) is 18.7. The van der Waals surface area contributed by atoms with Crippen molar-refractivity contribution in [1.82, 2.24) is 4.98 Å². The van der Waals surface area contributed by atoms with Gasteiger partial charge in [-0.2, -0.15) is 4.39 Å². The van der Waals surface area contributed by atoms with Crippen molar-refractivity contribution < 1.29 is 43.6 Å². The lowest BCUT2D eigenvalue weighted by Crippen LogP contribution is -2.13. The van der Waals surface area contributed by atoms with Crippen molar-refractivity contribution in [1.29, 1.82) is 0 Å². The van der Waals surface area contributed by atoms with Crippen LogP contribution in [0.4, 0.5) is 67.0 Å². The van der Waals surface area contributed by atoms with Crippen LogP contribution in [0, 0.1) is 29.6 Å². The number of nitro benzene ring substituents is 2. The van der Waals surface area contributed by atoms with Crippen molar-refractivity contribution in [2.75, 3.05) is 123 Å². The summed E-state index contributed by atoms with van der Waals surface area (Å²) in [5.74, 6) is -3.12. The number of rotatable bonds is 13. The standard InChI is InChI=1S/C15H14BrClN2O2.C15H12BrClN2O.C8H9ClIN.C8H9ClN2O2.C8H11ClN2.C7H6BrNO2.C6H3ClFNO2.C4H7IO2/c1-19(2)14-11(17)4-3-5-12(14)18-13-8-9(16)6-7-10(13)15(20)21;1-19(2)14-11(17)6-5-10-13(14)18-12-7-8(16)3-4-9(12)15(10)20;1-11(2)8-6(9)4-3-5-7(8)10;1-10(2)8-6(9)4-3-5-7(8)11(12)13;1-11(2)8-6(9)4-3-5-7(8)10;8-4-1-2-5(7(10)11)6(9)3-4;7-4-2-1-3-5(6(4)8)9(10)11;1-2-7-4(6)3-5/h3-8,18H,1-2H3,(H,20,21);3-7H,1-2H3,(H,18,20);3-5H,1-2H3;3-5H,1-2H3;3-5H,10H2,1-2H3;1-3H,9H2,(H,10,11);1-3H;2-3H2,1H3. The number of para-hydroxylation sites is 4. The van der Waals surface area contributed by atoms with E-state index in [0.717, 1.165) is 64.0 Å². The molecule has 8 N–H and O–H groups in total. The monoisotopic (exact) mass is 1970 g/mol. The zero-order chi connectivity index (χ0) is 79.4. The number of nitrogens with two attached hydrogens (primary N) is 2. The minimum atomic E-state index is -1.00. The Morgan fingerprint density at radius 1 is 0.533 bits per heavy atom. The second kappa shape index (κ2) is 44.7. The number of hydrogen-bond acceptors (Lipinski definition) is 17. The van der Waals surface area contributed by atoms with E-state index < -0.39 is 33.3 Å². The summed E-state index contributed by atoms with van der Waals surface area (Å²) >= 11 is 49.6. The first-order valence-electron chi connectivity index (χ1n) is 30.1. The van der Waals surface area contributed by atoms with Crippen molar-refractivity contribution in [3.8, 4) is 0 Å². The molecular formula is C71H71Br3Cl6FI2N11O11. The Bertz CT molecular complexity index is 4670. The van der Waals surface area contributed by atoms with Gasteiger partial charge in [-0.3, -0.25) is 29.8 Å². The number of esters is 1. The minimum absolute atomic E-state index is 0.0148. The van der Waals surface area contributed by atoms with Crippen molar-refractivity contribution in [2.45, 2.75) is 6.92 Å². The third-order valence-corrected chi connectivity index (χ3v) is 18.3. The van der Waals surface area contributed by atoms with Gasteiger partial charge in [-0.1, -0.05) is 170 Å². The Morgan fingerprint density at radius 3 is 1.40 bits per heavy atom. The smallest absolute Gasteiger partial charge is 0.337 e. The van der Waals surface area contributed by atoms with Crippen LogP contribution < -0.4 is 46.7 Å². The highest BCUT2D eigenvalue weighted by Crippen LogP contribution is 2.38. The minimum Gasteiger partial charge on any atom is -0.478 e. The van der Waals surface area contributed by atoms with Gasteiger partial charge in [-0.25, -0.2) is 9.59 Å². The van der Waals surface area contributed by atoms with Gasteiger partial charge in [0.05, 0.1) is 113 Å². The lowest BCUT2D eigenvalue weighted by atomic mass is 10.1. The molecule has 0 atom stereocenters. The number of benzene rings is 9. The topological polar surface area (TPSA) is 300 Å². The number of anilines is 9. The summed E-state index contributed by atoms with van der Waals surface area (Å²) < 4.78 is 21.4. The van der Waals surface area contributed by atoms with Gasteiger partial charge < -0.3 is 61.2 Å². The summed E-state index contributed by atoms with van der Waals surface area (Å²) in [5, 5.41) is 45.8. The number of fused-ring (bicyclic) bond motifs is 2. The summed E-state index contributed by atoms with van der Waals surface area (Å²) in [6.45, 7) is 2.28.